The van der Waals surface area contributed by atoms with Gasteiger partial charge in [-0.2, -0.15) is 0 Å². The Labute approximate surface area is 134 Å². The molecule has 1 radical (unpaired) electrons. The highest BCUT2D eigenvalue weighted by Gasteiger charge is 2.08. The van der Waals surface area contributed by atoms with Gasteiger partial charge in [0.25, 0.3) is 0 Å². The molecule has 0 rings (SSSR count). The Morgan fingerprint density at radius 3 is 2.32 bits per heavy atom. The molecule has 0 heterocycles. The van der Waals surface area contributed by atoms with Crippen LogP contribution in [0.3, 0.4) is 0 Å². The van der Waals surface area contributed by atoms with Crippen molar-refractivity contribution < 1.29 is 9.72 Å². The second-order valence-corrected chi connectivity index (χ2v) is 5.19. The molecule has 0 aromatic rings. The fourth-order valence-corrected chi connectivity index (χ4v) is 2.04. The largest absolute Gasteiger partial charge is 0.291 e. The molecular weight excluding hydrogens is 278 g/mol. The maximum atomic E-state index is 11.0. The Hall–Kier alpha value is -1.71. The lowest BCUT2D eigenvalue weighted by molar-refractivity contribution is -0.428. The second-order valence-electron chi connectivity index (χ2n) is 5.19. The Balaban J connectivity index is 3.89. The zero-order valence-corrected chi connectivity index (χ0v) is 13.6. The molecule has 0 spiro atoms. The van der Waals surface area contributed by atoms with Crippen LogP contribution in [0, 0.1) is 10.1 Å². The molecule has 0 fully saturated rings. The van der Waals surface area contributed by atoms with Gasteiger partial charge in [-0.3, -0.25) is 14.9 Å². The maximum Gasteiger partial charge on any atom is 0.242 e. The van der Waals surface area contributed by atoms with E-state index in [1.165, 1.54) is 0 Å². The molecule has 0 saturated heterocycles. The van der Waals surface area contributed by atoms with Crippen molar-refractivity contribution in [3.8, 4) is 0 Å². The van der Waals surface area contributed by atoms with Gasteiger partial charge in [0.15, 0.2) is 6.29 Å². The van der Waals surface area contributed by atoms with Gasteiger partial charge in [0.05, 0.1) is 4.92 Å². The molecule has 0 aliphatic heterocycles. The standard InChI is InChI=1S/C18H28NO3/c1-2-3-4-5-6-9-12-15-18(19(21)22)16-13-10-7-8-11-14-17-20/h3-4,6,9,15H,2,5,7-8,10-14,16H2,1H3/b4-3+,9-6+,18-15-. The number of hydrogen-bond acceptors (Lipinski definition) is 3. The first-order valence-electron chi connectivity index (χ1n) is 8.20. The Kier molecular flexibility index (Phi) is 14.5. The molecule has 0 atom stereocenters. The van der Waals surface area contributed by atoms with E-state index in [1.54, 1.807) is 6.08 Å². The number of nitro groups is 1. The summed E-state index contributed by atoms with van der Waals surface area (Å²) in [7, 11) is 0. The summed E-state index contributed by atoms with van der Waals surface area (Å²) in [5.74, 6) is 0. The molecule has 0 aliphatic rings. The second kappa shape index (κ2) is 15.7. The average molecular weight is 306 g/mol. The maximum absolute atomic E-state index is 11.0. The van der Waals surface area contributed by atoms with E-state index in [0.717, 1.165) is 44.9 Å². The first-order chi connectivity index (χ1) is 10.7. The third-order valence-corrected chi connectivity index (χ3v) is 3.28. The van der Waals surface area contributed by atoms with Crippen LogP contribution in [-0.4, -0.2) is 11.2 Å². The lowest BCUT2D eigenvalue weighted by atomic mass is 10.1. The van der Waals surface area contributed by atoms with Crippen LogP contribution in [0.15, 0.2) is 36.1 Å². The molecule has 123 valence electrons. The van der Waals surface area contributed by atoms with Crippen LogP contribution in [0.2, 0.25) is 0 Å². The summed E-state index contributed by atoms with van der Waals surface area (Å²) in [6, 6.07) is 0. The van der Waals surface area contributed by atoms with Crippen molar-refractivity contribution in [1.82, 2.24) is 0 Å². The highest BCUT2D eigenvalue weighted by atomic mass is 16.6. The Bertz CT molecular complexity index is 384. The highest BCUT2D eigenvalue weighted by molar-refractivity contribution is 5.50. The number of allylic oxidation sites excluding steroid dienone is 6. The first-order valence-corrected chi connectivity index (χ1v) is 8.20. The topological polar surface area (TPSA) is 60.2 Å². The van der Waals surface area contributed by atoms with Crippen LogP contribution in [-0.2, 0) is 4.79 Å². The molecule has 4 heteroatoms. The fourth-order valence-electron chi connectivity index (χ4n) is 2.04. The molecule has 4 nitrogen and oxygen atoms in total. The molecule has 0 aromatic carbocycles. The summed E-state index contributed by atoms with van der Waals surface area (Å²) >= 11 is 0. The monoisotopic (exact) mass is 306 g/mol. The van der Waals surface area contributed by atoms with Crippen LogP contribution in [0.25, 0.3) is 0 Å². The van der Waals surface area contributed by atoms with Crippen LogP contribution >= 0.6 is 0 Å². The number of carbonyl (C=O) groups excluding carboxylic acids is 1. The van der Waals surface area contributed by atoms with Gasteiger partial charge >= 0.3 is 0 Å². The summed E-state index contributed by atoms with van der Waals surface area (Å²) in [6.45, 7) is 2.09. The third kappa shape index (κ3) is 13.3. The third-order valence-electron chi connectivity index (χ3n) is 3.28. The van der Waals surface area contributed by atoms with E-state index in [4.69, 9.17) is 0 Å². The molecule has 0 bridgehead atoms. The van der Waals surface area contributed by atoms with Crippen LogP contribution in [0.1, 0.15) is 71.1 Å². The van der Waals surface area contributed by atoms with Crippen molar-refractivity contribution in [2.24, 2.45) is 0 Å². The van der Waals surface area contributed by atoms with Crippen LogP contribution < -0.4 is 0 Å². The predicted molar refractivity (Wildman–Crippen MR) is 90.9 cm³/mol. The SMILES string of the molecule is CC/C=C/C/C=C/C/C=C(/CCCCCCC[C]=O)[N+](=O)[O-]. The van der Waals surface area contributed by atoms with Crippen molar-refractivity contribution in [3.05, 3.63) is 46.2 Å². The van der Waals surface area contributed by atoms with Crippen molar-refractivity contribution in [2.45, 2.75) is 71.1 Å². The zero-order valence-electron chi connectivity index (χ0n) is 13.6. The van der Waals surface area contributed by atoms with Gasteiger partial charge in [-0.1, -0.05) is 50.5 Å². The van der Waals surface area contributed by atoms with E-state index >= 15 is 0 Å². The molecule has 0 aromatic heterocycles. The number of hydrogen-bond donors (Lipinski definition) is 0. The minimum absolute atomic E-state index is 0.272. The van der Waals surface area contributed by atoms with Gasteiger partial charge < -0.3 is 0 Å². The summed E-state index contributed by atoms with van der Waals surface area (Å²) in [5, 5.41) is 11.0. The normalized spacial score (nSPS) is 12.3. The summed E-state index contributed by atoms with van der Waals surface area (Å²) in [5.41, 5.74) is 0.315. The molecule has 22 heavy (non-hydrogen) atoms. The number of unbranched alkanes of at least 4 members (excludes halogenated alkanes) is 5. The van der Waals surface area contributed by atoms with Crippen molar-refractivity contribution in [1.29, 1.82) is 0 Å². The van der Waals surface area contributed by atoms with Gasteiger partial charge in [-0.15, -0.1) is 0 Å². The van der Waals surface area contributed by atoms with E-state index in [0.29, 0.717) is 25.0 Å². The van der Waals surface area contributed by atoms with Crippen molar-refractivity contribution in [3.63, 3.8) is 0 Å². The quantitative estimate of drug-likeness (QED) is 0.189. The van der Waals surface area contributed by atoms with Gasteiger partial charge in [0, 0.05) is 12.8 Å². The molecule has 0 N–H and O–H groups in total. The van der Waals surface area contributed by atoms with Gasteiger partial charge in [-0.25, -0.2) is 0 Å². The summed E-state index contributed by atoms with van der Waals surface area (Å²) < 4.78 is 0. The van der Waals surface area contributed by atoms with Crippen LogP contribution in [0.4, 0.5) is 0 Å². The van der Waals surface area contributed by atoms with E-state index < -0.39 is 0 Å². The van der Waals surface area contributed by atoms with E-state index in [9.17, 15) is 14.9 Å². The minimum Gasteiger partial charge on any atom is -0.291 e. The van der Waals surface area contributed by atoms with Gasteiger partial charge in [0.2, 0.25) is 5.70 Å². The molecule has 0 aliphatic carbocycles. The summed E-state index contributed by atoms with van der Waals surface area (Å²) in [6.07, 6.45) is 20.1. The van der Waals surface area contributed by atoms with E-state index in [-0.39, 0.29) is 4.92 Å². The Morgan fingerprint density at radius 2 is 1.64 bits per heavy atom. The predicted octanol–water partition coefficient (Wildman–Crippen LogP) is 5.29. The number of rotatable bonds is 14. The smallest absolute Gasteiger partial charge is 0.242 e. The first kappa shape index (κ1) is 20.3. The van der Waals surface area contributed by atoms with Gasteiger partial charge in [0.1, 0.15) is 0 Å². The zero-order chi connectivity index (χ0) is 16.5. The molecule has 0 saturated carbocycles. The van der Waals surface area contributed by atoms with E-state index in [2.05, 4.69) is 19.1 Å². The molecule has 0 amide bonds. The van der Waals surface area contributed by atoms with Crippen LogP contribution in [0.5, 0.6) is 0 Å². The fraction of sp³-hybridized carbons (Fsp3) is 0.611. The lowest BCUT2D eigenvalue weighted by Crippen LogP contribution is -1.98. The highest BCUT2D eigenvalue weighted by Crippen LogP contribution is 2.13. The number of nitrogens with zero attached hydrogens (tertiary/aromatic N) is 1. The lowest BCUT2D eigenvalue weighted by Gasteiger charge is -2.00. The summed E-state index contributed by atoms with van der Waals surface area (Å²) in [4.78, 5) is 20.7. The van der Waals surface area contributed by atoms with Crippen molar-refractivity contribution >= 4 is 6.29 Å². The molecule has 0 unspecified atom stereocenters. The minimum atomic E-state index is -0.272. The van der Waals surface area contributed by atoms with Crippen molar-refractivity contribution in [2.75, 3.05) is 0 Å². The Morgan fingerprint density at radius 1 is 1.00 bits per heavy atom. The van der Waals surface area contributed by atoms with Gasteiger partial charge in [-0.05, 0) is 38.2 Å². The van der Waals surface area contributed by atoms with E-state index in [1.807, 2.05) is 18.4 Å². The molecular formula is C18H28NO3. The average Bonchev–Trinajstić information content (AvgIpc) is 2.50.